The Labute approximate surface area is 102 Å². The summed E-state index contributed by atoms with van der Waals surface area (Å²) >= 11 is 0. The molecule has 0 saturated carbocycles. The third kappa shape index (κ3) is 5.31. The molecule has 0 aromatic carbocycles. The van der Waals surface area contributed by atoms with Gasteiger partial charge in [0, 0.05) is 6.54 Å². The van der Waals surface area contributed by atoms with Crippen molar-refractivity contribution in [2.75, 3.05) is 33.2 Å². The molecule has 2 heteroatoms. The molecule has 0 radical (unpaired) electrons. The smallest absolute Gasteiger partial charge is 0.000518 e. The summed E-state index contributed by atoms with van der Waals surface area (Å²) in [5.74, 6) is 0. The van der Waals surface area contributed by atoms with E-state index in [9.17, 15) is 0 Å². The maximum Gasteiger partial charge on any atom is 0.000518 e. The molecule has 0 bridgehead atoms. The first kappa shape index (κ1) is 14.0. The van der Waals surface area contributed by atoms with Crippen molar-refractivity contribution in [3.05, 3.63) is 0 Å². The molecular weight excluding hydrogens is 196 g/mol. The molecule has 0 aromatic heterocycles. The van der Waals surface area contributed by atoms with E-state index in [1.54, 1.807) is 0 Å². The first-order chi connectivity index (χ1) is 7.66. The van der Waals surface area contributed by atoms with Gasteiger partial charge in [-0.2, -0.15) is 0 Å². The van der Waals surface area contributed by atoms with Crippen molar-refractivity contribution >= 4 is 0 Å². The molecule has 1 heterocycles. The summed E-state index contributed by atoms with van der Waals surface area (Å²) in [7, 11) is 2.26. The number of hydrogen-bond donors (Lipinski definition) is 1. The van der Waals surface area contributed by atoms with Gasteiger partial charge in [0.1, 0.15) is 0 Å². The van der Waals surface area contributed by atoms with E-state index in [0.29, 0.717) is 5.41 Å². The molecule has 1 aliphatic rings. The maximum absolute atomic E-state index is 3.53. The molecule has 16 heavy (non-hydrogen) atoms. The highest BCUT2D eigenvalue weighted by molar-refractivity contribution is 4.81. The fraction of sp³-hybridized carbons (Fsp3) is 1.00. The van der Waals surface area contributed by atoms with Gasteiger partial charge in [-0.25, -0.2) is 0 Å². The van der Waals surface area contributed by atoms with Gasteiger partial charge in [-0.3, -0.25) is 0 Å². The van der Waals surface area contributed by atoms with Crippen molar-refractivity contribution < 1.29 is 0 Å². The Bertz CT molecular complexity index is 174. The van der Waals surface area contributed by atoms with Crippen LogP contribution in [0, 0.1) is 5.41 Å². The number of unbranched alkanes of at least 4 members (excludes halogenated alkanes) is 1. The van der Waals surface area contributed by atoms with E-state index < -0.39 is 0 Å². The van der Waals surface area contributed by atoms with E-state index in [1.165, 1.54) is 64.7 Å². The van der Waals surface area contributed by atoms with Gasteiger partial charge in [0.05, 0.1) is 0 Å². The molecule has 96 valence electrons. The lowest BCUT2D eigenvalue weighted by Crippen LogP contribution is -2.38. The Balaban J connectivity index is 2.09. The van der Waals surface area contributed by atoms with Crippen LogP contribution in [0.25, 0.3) is 0 Å². The Hall–Kier alpha value is -0.0800. The average molecular weight is 226 g/mol. The number of hydrogen-bond acceptors (Lipinski definition) is 2. The topological polar surface area (TPSA) is 15.3 Å². The summed E-state index contributed by atoms with van der Waals surface area (Å²) in [6, 6.07) is 0. The van der Waals surface area contributed by atoms with Crippen LogP contribution in [0.5, 0.6) is 0 Å². The van der Waals surface area contributed by atoms with Crippen LogP contribution in [-0.4, -0.2) is 38.1 Å². The highest BCUT2D eigenvalue weighted by Crippen LogP contribution is 2.30. The molecule has 2 nitrogen and oxygen atoms in total. The molecule has 1 aliphatic heterocycles. The van der Waals surface area contributed by atoms with Crippen LogP contribution in [0.4, 0.5) is 0 Å². The molecule has 1 N–H and O–H groups in total. The molecule has 1 fully saturated rings. The van der Waals surface area contributed by atoms with E-state index in [4.69, 9.17) is 0 Å². The van der Waals surface area contributed by atoms with E-state index >= 15 is 0 Å². The minimum Gasteiger partial charge on any atom is -0.316 e. The van der Waals surface area contributed by atoms with Crippen LogP contribution in [0.1, 0.15) is 52.4 Å². The molecule has 1 unspecified atom stereocenters. The van der Waals surface area contributed by atoms with Gasteiger partial charge < -0.3 is 10.2 Å². The zero-order valence-corrected chi connectivity index (χ0v) is 11.5. The Morgan fingerprint density at radius 1 is 1.25 bits per heavy atom. The van der Waals surface area contributed by atoms with Crippen LogP contribution in [0.2, 0.25) is 0 Å². The molecule has 1 atom stereocenters. The maximum atomic E-state index is 3.53. The predicted molar refractivity (Wildman–Crippen MR) is 71.8 cm³/mol. The zero-order chi connectivity index (χ0) is 11.9. The molecule has 0 spiro atoms. The first-order valence-corrected chi connectivity index (χ1v) is 7.05. The average Bonchev–Trinajstić information content (AvgIpc) is 2.27. The fourth-order valence-corrected chi connectivity index (χ4v) is 2.65. The first-order valence-electron chi connectivity index (χ1n) is 7.05. The van der Waals surface area contributed by atoms with Crippen molar-refractivity contribution in [3.8, 4) is 0 Å². The monoisotopic (exact) mass is 226 g/mol. The summed E-state index contributed by atoms with van der Waals surface area (Å²) in [5.41, 5.74) is 0.573. The highest BCUT2D eigenvalue weighted by Gasteiger charge is 2.25. The normalized spacial score (nSPS) is 26.2. The van der Waals surface area contributed by atoms with Gasteiger partial charge in [-0.1, -0.05) is 20.3 Å². The minimum absolute atomic E-state index is 0.573. The van der Waals surface area contributed by atoms with Crippen LogP contribution >= 0.6 is 0 Å². The Morgan fingerprint density at radius 3 is 2.62 bits per heavy atom. The van der Waals surface area contributed by atoms with Gasteiger partial charge in [-0.15, -0.1) is 0 Å². The quantitative estimate of drug-likeness (QED) is 0.718. The summed E-state index contributed by atoms with van der Waals surface area (Å²) in [6.45, 7) is 9.71. The van der Waals surface area contributed by atoms with Crippen molar-refractivity contribution in [2.45, 2.75) is 52.4 Å². The number of nitrogens with zero attached hydrogens (tertiary/aromatic N) is 1. The number of rotatable bonds is 7. The van der Waals surface area contributed by atoms with E-state index in [2.05, 4.69) is 31.1 Å². The molecule has 0 aliphatic carbocycles. The second-order valence-electron chi connectivity index (χ2n) is 5.85. The second-order valence-corrected chi connectivity index (χ2v) is 5.85. The van der Waals surface area contributed by atoms with E-state index in [1.807, 2.05) is 0 Å². The molecule has 1 rings (SSSR count). The van der Waals surface area contributed by atoms with Crippen LogP contribution in [0.15, 0.2) is 0 Å². The van der Waals surface area contributed by atoms with Crippen LogP contribution in [0.3, 0.4) is 0 Å². The van der Waals surface area contributed by atoms with Crippen molar-refractivity contribution in [3.63, 3.8) is 0 Å². The van der Waals surface area contributed by atoms with Crippen molar-refractivity contribution in [2.24, 2.45) is 5.41 Å². The van der Waals surface area contributed by atoms with E-state index in [0.717, 1.165) is 0 Å². The molecule has 0 aromatic rings. The van der Waals surface area contributed by atoms with Gasteiger partial charge in [-0.05, 0) is 64.2 Å². The standard InChI is InChI=1S/C14H30N2/c1-4-5-11-16(3)12-7-9-14(2)8-6-10-15-13-14/h15H,4-13H2,1-3H3. The summed E-state index contributed by atoms with van der Waals surface area (Å²) < 4.78 is 0. The lowest BCUT2D eigenvalue weighted by Gasteiger charge is -2.34. The zero-order valence-electron chi connectivity index (χ0n) is 11.5. The fourth-order valence-electron chi connectivity index (χ4n) is 2.65. The predicted octanol–water partition coefficient (Wildman–Crippen LogP) is 2.89. The number of piperidine rings is 1. The van der Waals surface area contributed by atoms with Gasteiger partial charge in [0.2, 0.25) is 0 Å². The van der Waals surface area contributed by atoms with Crippen LogP contribution in [-0.2, 0) is 0 Å². The molecular formula is C14H30N2. The third-order valence-corrected chi connectivity index (χ3v) is 3.90. The third-order valence-electron chi connectivity index (χ3n) is 3.90. The van der Waals surface area contributed by atoms with Gasteiger partial charge >= 0.3 is 0 Å². The highest BCUT2D eigenvalue weighted by atomic mass is 15.1. The lowest BCUT2D eigenvalue weighted by molar-refractivity contribution is 0.199. The lowest BCUT2D eigenvalue weighted by atomic mass is 9.79. The summed E-state index contributed by atoms with van der Waals surface area (Å²) in [4.78, 5) is 2.49. The largest absolute Gasteiger partial charge is 0.316 e. The SMILES string of the molecule is CCCCN(C)CCCC1(C)CCCNC1. The van der Waals surface area contributed by atoms with Gasteiger partial charge in [0.15, 0.2) is 0 Å². The Morgan fingerprint density at radius 2 is 2.00 bits per heavy atom. The molecule has 1 saturated heterocycles. The minimum atomic E-state index is 0.573. The summed E-state index contributed by atoms with van der Waals surface area (Å²) in [5, 5.41) is 3.53. The van der Waals surface area contributed by atoms with Crippen molar-refractivity contribution in [1.29, 1.82) is 0 Å². The second kappa shape index (κ2) is 7.29. The van der Waals surface area contributed by atoms with Crippen LogP contribution < -0.4 is 5.32 Å². The Kier molecular flexibility index (Phi) is 6.37. The summed E-state index contributed by atoms with van der Waals surface area (Å²) in [6.07, 6.45) is 8.18. The number of nitrogens with one attached hydrogen (secondary N) is 1. The van der Waals surface area contributed by atoms with E-state index in [-0.39, 0.29) is 0 Å². The van der Waals surface area contributed by atoms with Crippen molar-refractivity contribution in [1.82, 2.24) is 10.2 Å². The van der Waals surface area contributed by atoms with Gasteiger partial charge in [0.25, 0.3) is 0 Å². The molecule has 0 amide bonds.